The molecule has 0 aliphatic rings. The lowest BCUT2D eigenvalue weighted by atomic mass is 10.2. The van der Waals surface area contributed by atoms with E-state index >= 15 is 0 Å². The van der Waals surface area contributed by atoms with E-state index in [1.807, 2.05) is 13.8 Å². The van der Waals surface area contributed by atoms with Gasteiger partial charge in [0.25, 0.3) is 0 Å². The highest BCUT2D eigenvalue weighted by molar-refractivity contribution is 9.09. The van der Waals surface area contributed by atoms with Crippen molar-refractivity contribution in [3.63, 3.8) is 0 Å². The van der Waals surface area contributed by atoms with Crippen LogP contribution in [0.1, 0.15) is 33.1 Å². The summed E-state index contributed by atoms with van der Waals surface area (Å²) in [7, 11) is 0. The second-order valence-corrected chi connectivity index (χ2v) is 5.71. The van der Waals surface area contributed by atoms with Crippen molar-refractivity contribution in [3.05, 3.63) is 24.3 Å². The minimum atomic E-state index is -0.0520. The summed E-state index contributed by atoms with van der Waals surface area (Å²) in [5.74, 6) is -0.0507. The number of halogens is 1. The summed E-state index contributed by atoms with van der Waals surface area (Å²) in [6.45, 7) is 3.69. The van der Waals surface area contributed by atoms with E-state index in [2.05, 4.69) is 26.6 Å². The predicted molar refractivity (Wildman–Crippen MR) is 86.2 cm³/mol. The van der Waals surface area contributed by atoms with Crippen molar-refractivity contribution in [1.29, 1.82) is 0 Å². The number of hydrogen-bond acceptors (Lipinski definition) is 2. The lowest BCUT2D eigenvalue weighted by Gasteiger charge is -2.09. The van der Waals surface area contributed by atoms with Gasteiger partial charge in [-0.1, -0.05) is 29.8 Å². The van der Waals surface area contributed by atoms with Gasteiger partial charge in [-0.2, -0.15) is 0 Å². The van der Waals surface area contributed by atoms with Gasteiger partial charge in [0, 0.05) is 29.0 Å². The first-order chi connectivity index (χ1) is 9.52. The molecule has 1 rings (SSSR count). The average molecular weight is 341 g/mol. The van der Waals surface area contributed by atoms with Crippen molar-refractivity contribution in [1.82, 2.24) is 0 Å². The Labute approximate surface area is 128 Å². The van der Waals surface area contributed by atoms with Gasteiger partial charge in [-0.25, -0.2) is 0 Å². The number of carbonyl (C=O) groups excluding carboxylic acids is 2. The number of nitrogens with one attached hydrogen (secondary N) is 2. The summed E-state index contributed by atoms with van der Waals surface area (Å²) < 4.78 is 0. The molecule has 0 aliphatic heterocycles. The van der Waals surface area contributed by atoms with Gasteiger partial charge in [0.2, 0.25) is 11.8 Å². The third-order valence-corrected chi connectivity index (χ3v) is 3.31. The van der Waals surface area contributed by atoms with Crippen LogP contribution in [-0.4, -0.2) is 17.1 Å². The molecule has 0 fully saturated rings. The van der Waals surface area contributed by atoms with Crippen LogP contribution in [-0.2, 0) is 9.59 Å². The number of hydrogen-bond donors (Lipinski definition) is 2. The van der Waals surface area contributed by atoms with Crippen molar-refractivity contribution in [2.45, 2.75) is 33.1 Å². The normalized spacial score (nSPS) is 10.4. The van der Waals surface area contributed by atoms with Gasteiger partial charge < -0.3 is 10.6 Å². The molecule has 2 amide bonds. The first kappa shape index (κ1) is 16.7. The monoisotopic (exact) mass is 340 g/mol. The minimum Gasteiger partial charge on any atom is -0.326 e. The van der Waals surface area contributed by atoms with Crippen molar-refractivity contribution in [3.8, 4) is 0 Å². The fraction of sp³-hybridized carbons (Fsp3) is 0.467. The minimum absolute atomic E-state index is 0.0171. The molecule has 0 aromatic heterocycles. The van der Waals surface area contributed by atoms with Crippen LogP contribution < -0.4 is 10.6 Å². The third kappa shape index (κ3) is 6.19. The van der Waals surface area contributed by atoms with E-state index in [-0.39, 0.29) is 17.7 Å². The van der Waals surface area contributed by atoms with Crippen LogP contribution >= 0.6 is 15.9 Å². The SMILES string of the molecule is CC(C)C(=O)Nc1ccc(NC(=O)CCCCBr)cc1. The lowest BCUT2D eigenvalue weighted by molar-refractivity contribution is -0.119. The molecule has 1 aromatic rings. The highest BCUT2D eigenvalue weighted by Gasteiger charge is 2.07. The largest absolute Gasteiger partial charge is 0.326 e. The molecule has 20 heavy (non-hydrogen) atoms. The summed E-state index contributed by atoms with van der Waals surface area (Å²) in [6.07, 6.45) is 2.39. The smallest absolute Gasteiger partial charge is 0.226 e. The molecular weight excluding hydrogens is 320 g/mol. The predicted octanol–water partition coefficient (Wildman–Crippen LogP) is 3.78. The molecule has 1 aromatic carbocycles. The first-order valence-corrected chi connectivity index (χ1v) is 7.92. The fourth-order valence-corrected chi connectivity index (χ4v) is 1.92. The van der Waals surface area contributed by atoms with Crippen LogP contribution in [0.5, 0.6) is 0 Å². The molecule has 0 saturated heterocycles. The molecule has 0 heterocycles. The van der Waals surface area contributed by atoms with Crippen LogP contribution in [0.3, 0.4) is 0 Å². The number of benzene rings is 1. The van der Waals surface area contributed by atoms with E-state index in [1.54, 1.807) is 24.3 Å². The van der Waals surface area contributed by atoms with Gasteiger partial charge in [-0.05, 0) is 37.1 Å². The van der Waals surface area contributed by atoms with Crippen LogP contribution in [0, 0.1) is 5.92 Å². The molecule has 0 aliphatic carbocycles. The summed E-state index contributed by atoms with van der Waals surface area (Å²) in [6, 6.07) is 7.15. The first-order valence-electron chi connectivity index (χ1n) is 6.79. The molecule has 0 bridgehead atoms. The zero-order chi connectivity index (χ0) is 15.0. The Balaban J connectivity index is 2.46. The molecule has 2 N–H and O–H groups in total. The van der Waals surface area contributed by atoms with Crippen molar-refractivity contribution >= 4 is 39.1 Å². The van der Waals surface area contributed by atoms with Crippen LogP contribution in [0.15, 0.2) is 24.3 Å². The summed E-state index contributed by atoms with van der Waals surface area (Å²) in [5, 5.41) is 6.57. The Kier molecular flexibility index (Phi) is 7.30. The second kappa shape index (κ2) is 8.74. The summed E-state index contributed by atoms with van der Waals surface area (Å²) >= 11 is 3.34. The van der Waals surface area contributed by atoms with E-state index in [9.17, 15) is 9.59 Å². The van der Waals surface area contributed by atoms with Gasteiger partial charge in [-0.15, -0.1) is 0 Å². The Morgan fingerprint density at radius 1 is 1.05 bits per heavy atom. The molecule has 0 unspecified atom stereocenters. The van der Waals surface area contributed by atoms with Crippen LogP contribution in [0.4, 0.5) is 11.4 Å². The average Bonchev–Trinajstić information content (AvgIpc) is 2.41. The number of unbranched alkanes of at least 4 members (excludes halogenated alkanes) is 1. The molecule has 5 heteroatoms. The second-order valence-electron chi connectivity index (χ2n) is 4.92. The summed E-state index contributed by atoms with van der Waals surface area (Å²) in [5.41, 5.74) is 1.48. The Morgan fingerprint density at radius 3 is 2.10 bits per heavy atom. The topological polar surface area (TPSA) is 58.2 Å². The highest BCUT2D eigenvalue weighted by atomic mass is 79.9. The quantitative estimate of drug-likeness (QED) is 0.586. The molecule has 110 valence electrons. The van der Waals surface area contributed by atoms with Crippen LogP contribution in [0.25, 0.3) is 0 Å². The number of anilines is 2. The Hall–Kier alpha value is -1.36. The zero-order valence-corrected chi connectivity index (χ0v) is 13.5. The maximum absolute atomic E-state index is 11.6. The molecule has 0 radical (unpaired) electrons. The molecule has 4 nitrogen and oxygen atoms in total. The molecule has 0 saturated carbocycles. The standard InChI is InChI=1S/C15H21BrN2O2/c1-11(2)15(20)18-13-8-6-12(7-9-13)17-14(19)5-3-4-10-16/h6-9,11H,3-5,10H2,1-2H3,(H,17,19)(H,18,20). The highest BCUT2D eigenvalue weighted by Crippen LogP contribution is 2.15. The van der Waals surface area contributed by atoms with E-state index in [0.717, 1.165) is 29.5 Å². The fourth-order valence-electron chi connectivity index (χ4n) is 1.53. The van der Waals surface area contributed by atoms with E-state index in [4.69, 9.17) is 0 Å². The Bertz CT molecular complexity index is 444. The molecular formula is C15H21BrN2O2. The van der Waals surface area contributed by atoms with Crippen molar-refractivity contribution < 1.29 is 9.59 Å². The van der Waals surface area contributed by atoms with Crippen molar-refractivity contribution in [2.24, 2.45) is 5.92 Å². The van der Waals surface area contributed by atoms with Gasteiger partial charge >= 0.3 is 0 Å². The zero-order valence-electron chi connectivity index (χ0n) is 11.9. The van der Waals surface area contributed by atoms with Gasteiger partial charge in [0.1, 0.15) is 0 Å². The molecule has 0 atom stereocenters. The van der Waals surface area contributed by atoms with E-state index < -0.39 is 0 Å². The number of carbonyl (C=O) groups is 2. The van der Waals surface area contributed by atoms with E-state index in [0.29, 0.717) is 6.42 Å². The van der Waals surface area contributed by atoms with Gasteiger partial charge in [-0.3, -0.25) is 9.59 Å². The maximum Gasteiger partial charge on any atom is 0.226 e. The molecule has 0 spiro atoms. The van der Waals surface area contributed by atoms with Gasteiger partial charge in [0.15, 0.2) is 0 Å². The lowest BCUT2D eigenvalue weighted by Crippen LogP contribution is -2.17. The Morgan fingerprint density at radius 2 is 1.60 bits per heavy atom. The number of alkyl halides is 1. The summed E-state index contributed by atoms with van der Waals surface area (Å²) in [4.78, 5) is 23.2. The maximum atomic E-state index is 11.6. The third-order valence-electron chi connectivity index (χ3n) is 2.75. The number of amides is 2. The van der Waals surface area contributed by atoms with Crippen LogP contribution in [0.2, 0.25) is 0 Å². The number of rotatable bonds is 7. The van der Waals surface area contributed by atoms with Gasteiger partial charge in [0.05, 0.1) is 0 Å². The van der Waals surface area contributed by atoms with E-state index in [1.165, 1.54) is 0 Å². The van der Waals surface area contributed by atoms with Crippen molar-refractivity contribution in [2.75, 3.05) is 16.0 Å².